The van der Waals surface area contributed by atoms with Crippen molar-refractivity contribution in [2.24, 2.45) is 0 Å². The van der Waals surface area contributed by atoms with E-state index in [9.17, 15) is 9.59 Å². The zero-order chi connectivity index (χ0) is 19.4. The van der Waals surface area contributed by atoms with Gasteiger partial charge in [0.2, 0.25) is 5.91 Å². The van der Waals surface area contributed by atoms with Crippen LogP contribution in [0.4, 0.5) is 5.69 Å². The van der Waals surface area contributed by atoms with Crippen LogP contribution < -0.4 is 20.5 Å². The maximum absolute atomic E-state index is 12.5. The van der Waals surface area contributed by atoms with Crippen LogP contribution in [0.2, 0.25) is 5.02 Å². The molecule has 7 nitrogen and oxygen atoms in total. The number of anilines is 1. The number of halogens is 1. The molecule has 1 N–H and O–H groups in total. The van der Waals surface area contributed by atoms with Gasteiger partial charge in [-0.3, -0.25) is 9.36 Å². The molecule has 0 aliphatic carbocycles. The van der Waals surface area contributed by atoms with Crippen LogP contribution in [0, 0.1) is 0 Å². The molecule has 2 aromatic carbocycles. The number of fused-ring (bicyclic) bond motifs is 1. The fraction of sp³-hybridized carbons (Fsp3) is 0.263. The van der Waals surface area contributed by atoms with Crippen molar-refractivity contribution >= 4 is 34.3 Å². The largest absolute Gasteiger partial charge is 0.494 e. The molecule has 0 spiro atoms. The van der Waals surface area contributed by atoms with Crippen LogP contribution in [-0.4, -0.2) is 23.7 Å². The summed E-state index contributed by atoms with van der Waals surface area (Å²) in [5.74, 6) is 0.0992. The normalized spacial score (nSPS) is 10.8. The van der Waals surface area contributed by atoms with Gasteiger partial charge < -0.3 is 19.2 Å². The standard InChI is InChI=1S/C19H19ClN2O5/c1-3-25-13-6-8-16(26-4-2)14(10-13)21-18(23)11-22-15-7-5-12(20)9-17(15)27-19(22)24/h5-10H,3-4,11H2,1-2H3,(H,21,23). The zero-order valence-corrected chi connectivity index (χ0v) is 15.7. The second kappa shape index (κ2) is 8.18. The number of carbonyl (C=O) groups excluding carboxylic acids is 1. The van der Waals surface area contributed by atoms with Crippen molar-refractivity contribution in [3.05, 3.63) is 52.0 Å². The van der Waals surface area contributed by atoms with Crippen LogP contribution in [0.1, 0.15) is 13.8 Å². The van der Waals surface area contributed by atoms with Gasteiger partial charge in [-0.25, -0.2) is 4.79 Å². The molecule has 3 aromatic rings. The van der Waals surface area contributed by atoms with Gasteiger partial charge in [0.15, 0.2) is 5.58 Å². The van der Waals surface area contributed by atoms with Crippen molar-refractivity contribution in [3.63, 3.8) is 0 Å². The highest BCUT2D eigenvalue weighted by Crippen LogP contribution is 2.29. The Balaban J connectivity index is 1.85. The molecule has 8 heteroatoms. The van der Waals surface area contributed by atoms with E-state index in [0.717, 1.165) is 0 Å². The molecule has 0 saturated carbocycles. The number of oxazole rings is 1. The van der Waals surface area contributed by atoms with Crippen LogP contribution in [-0.2, 0) is 11.3 Å². The number of hydrogen-bond donors (Lipinski definition) is 1. The van der Waals surface area contributed by atoms with Gasteiger partial charge in [-0.15, -0.1) is 0 Å². The lowest BCUT2D eigenvalue weighted by atomic mass is 10.2. The minimum atomic E-state index is -0.629. The van der Waals surface area contributed by atoms with Crippen molar-refractivity contribution < 1.29 is 18.7 Å². The SMILES string of the molecule is CCOc1ccc(OCC)c(NC(=O)Cn2c(=O)oc3cc(Cl)ccc32)c1. The second-order valence-electron chi connectivity index (χ2n) is 5.64. The van der Waals surface area contributed by atoms with Gasteiger partial charge in [-0.1, -0.05) is 11.6 Å². The molecule has 1 amide bonds. The summed E-state index contributed by atoms with van der Waals surface area (Å²) in [5.41, 5.74) is 1.29. The highest BCUT2D eigenvalue weighted by Gasteiger charge is 2.15. The third-order valence-corrected chi connectivity index (χ3v) is 4.00. The van der Waals surface area contributed by atoms with E-state index in [0.29, 0.717) is 46.5 Å². The van der Waals surface area contributed by atoms with Crippen LogP contribution in [0.25, 0.3) is 11.1 Å². The van der Waals surface area contributed by atoms with Crippen molar-refractivity contribution in [2.75, 3.05) is 18.5 Å². The van der Waals surface area contributed by atoms with Crippen molar-refractivity contribution in [1.29, 1.82) is 0 Å². The van der Waals surface area contributed by atoms with E-state index in [-0.39, 0.29) is 6.54 Å². The topological polar surface area (TPSA) is 82.7 Å². The number of carbonyl (C=O) groups is 1. The number of hydrogen-bond acceptors (Lipinski definition) is 5. The molecule has 1 heterocycles. The quantitative estimate of drug-likeness (QED) is 0.665. The van der Waals surface area contributed by atoms with E-state index in [1.807, 2.05) is 13.8 Å². The molecule has 0 fully saturated rings. The van der Waals surface area contributed by atoms with Gasteiger partial charge in [-0.05, 0) is 38.1 Å². The number of nitrogens with one attached hydrogen (secondary N) is 1. The number of nitrogens with zero attached hydrogens (tertiary/aromatic N) is 1. The average Bonchev–Trinajstić information content (AvgIpc) is 2.92. The molecule has 1 aromatic heterocycles. The smallest absolute Gasteiger partial charge is 0.420 e. The molecule has 0 aliphatic rings. The molecule has 0 radical (unpaired) electrons. The van der Waals surface area contributed by atoms with E-state index in [1.54, 1.807) is 30.3 Å². The molecule has 0 saturated heterocycles. The van der Waals surface area contributed by atoms with Crippen LogP contribution in [0.15, 0.2) is 45.6 Å². The van der Waals surface area contributed by atoms with E-state index >= 15 is 0 Å². The van der Waals surface area contributed by atoms with E-state index < -0.39 is 11.7 Å². The number of benzene rings is 2. The van der Waals surface area contributed by atoms with Crippen LogP contribution in [0.5, 0.6) is 11.5 Å². The van der Waals surface area contributed by atoms with Crippen molar-refractivity contribution in [2.45, 2.75) is 20.4 Å². The third-order valence-electron chi connectivity index (χ3n) is 3.77. The molecule has 27 heavy (non-hydrogen) atoms. The lowest BCUT2D eigenvalue weighted by Crippen LogP contribution is -2.25. The number of rotatable bonds is 7. The molecule has 3 rings (SSSR count). The summed E-state index contributed by atoms with van der Waals surface area (Å²) in [6, 6.07) is 9.98. The third kappa shape index (κ3) is 4.25. The Hall–Kier alpha value is -2.93. The first-order chi connectivity index (χ1) is 13.0. The summed E-state index contributed by atoms with van der Waals surface area (Å²) in [5, 5.41) is 3.21. The van der Waals surface area contributed by atoms with Gasteiger partial charge in [0, 0.05) is 17.2 Å². The van der Waals surface area contributed by atoms with E-state index in [1.165, 1.54) is 10.6 Å². The van der Waals surface area contributed by atoms with Crippen LogP contribution >= 0.6 is 11.6 Å². The number of amides is 1. The Bertz CT molecular complexity index is 1020. The molecule has 0 aliphatic heterocycles. The van der Waals surface area contributed by atoms with Crippen molar-refractivity contribution in [1.82, 2.24) is 4.57 Å². The predicted molar refractivity (Wildman–Crippen MR) is 103 cm³/mol. The van der Waals surface area contributed by atoms with Gasteiger partial charge in [0.05, 0.1) is 24.4 Å². The first kappa shape index (κ1) is 18.8. The summed E-state index contributed by atoms with van der Waals surface area (Å²) in [6.45, 7) is 4.46. The molecule has 0 unspecified atom stereocenters. The highest BCUT2D eigenvalue weighted by atomic mass is 35.5. The summed E-state index contributed by atoms with van der Waals surface area (Å²) >= 11 is 5.90. The molecular formula is C19H19ClN2O5. The summed E-state index contributed by atoms with van der Waals surface area (Å²) in [6.07, 6.45) is 0. The number of ether oxygens (including phenoxy) is 2. The van der Waals surface area contributed by atoms with Gasteiger partial charge in [0.25, 0.3) is 0 Å². The minimum absolute atomic E-state index is 0.210. The monoisotopic (exact) mass is 390 g/mol. The fourth-order valence-corrected chi connectivity index (χ4v) is 2.83. The first-order valence-corrected chi connectivity index (χ1v) is 8.88. The maximum Gasteiger partial charge on any atom is 0.420 e. The molecule has 142 valence electrons. The first-order valence-electron chi connectivity index (χ1n) is 8.50. The van der Waals surface area contributed by atoms with Crippen LogP contribution in [0.3, 0.4) is 0 Å². The van der Waals surface area contributed by atoms with Crippen molar-refractivity contribution in [3.8, 4) is 11.5 Å². The lowest BCUT2D eigenvalue weighted by Gasteiger charge is -2.13. The number of aromatic nitrogens is 1. The van der Waals surface area contributed by atoms with E-state index in [4.69, 9.17) is 25.5 Å². The summed E-state index contributed by atoms with van der Waals surface area (Å²) < 4.78 is 17.4. The zero-order valence-electron chi connectivity index (χ0n) is 15.0. The predicted octanol–water partition coefficient (Wildman–Crippen LogP) is 3.68. The van der Waals surface area contributed by atoms with E-state index in [2.05, 4.69) is 5.32 Å². The minimum Gasteiger partial charge on any atom is -0.494 e. The molecule has 0 atom stereocenters. The van der Waals surface area contributed by atoms with Gasteiger partial charge in [0.1, 0.15) is 18.0 Å². The summed E-state index contributed by atoms with van der Waals surface area (Å²) in [7, 11) is 0. The maximum atomic E-state index is 12.5. The Morgan fingerprint density at radius 3 is 2.67 bits per heavy atom. The second-order valence-corrected chi connectivity index (χ2v) is 6.07. The highest BCUT2D eigenvalue weighted by molar-refractivity contribution is 6.31. The Morgan fingerprint density at radius 1 is 1.15 bits per heavy atom. The van der Waals surface area contributed by atoms with Gasteiger partial charge >= 0.3 is 5.76 Å². The lowest BCUT2D eigenvalue weighted by molar-refractivity contribution is -0.116. The molecule has 0 bridgehead atoms. The Kier molecular flexibility index (Phi) is 5.71. The Morgan fingerprint density at radius 2 is 1.93 bits per heavy atom. The Labute approximate surface area is 160 Å². The average molecular weight is 391 g/mol. The van der Waals surface area contributed by atoms with Gasteiger partial charge in [-0.2, -0.15) is 0 Å². The molecular weight excluding hydrogens is 372 g/mol. The summed E-state index contributed by atoms with van der Waals surface area (Å²) in [4.78, 5) is 24.6. The fourth-order valence-electron chi connectivity index (χ4n) is 2.67.